The van der Waals surface area contributed by atoms with Crippen LogP contribution in [0.15, 0.2) is 30.3 Å². The summed E-state index contributed by atoms with van der Waals surface area (Å²) in [5.74, 6) is -1.20. The minimum atomic E-state index is -0.801. The predicted molar refractivity (Wildman–Crippen MR) is 71.7 cm³/mol. The number of carboxylic acid groups (broad SMARTS) is 1. The van der Waals surface area contributed by atoms with Gasteiger partial charge in [-0.15, -0.1) is 0 Å². The summed E-state index contributed by atoms with van der Waals surface area (Å²) in [4.78, 5) is 25.0. The normalized spacial score (nSPS) is 23.1. The molecule has 1 saturated heterocycles. The minimum Gasteiger partial charge on any atom is -0.481 e. The topological polar surface area (TPSA) is 57.6 Å². The van der Waals surface area contributed by atoms with Gasteiger partial charge in [0.25, 0.3) is 0 Å². The zero-order valence-electron chi connectivity index (χ0n) is 11.1. The van der Waals surface area contributed by atoms with Gasteiger partial charge >= 0.3 is 5.97 Å². The average molecular weight is 261 g/mol. The lowest BCUT2D eigenvalue weighted by Crippen LogP contribution is -2.47. The molecule has 0 aromatic heterocycles. The van der Waals surface area contributed by atoms with Crippen LogP contribution in [-0.4, -0.2) is 34.5 Å². The largest absolute Gasteiger partial charge is 0.481 e. The molecule has 1 heterocycles. The molecule has 1 N–H and O–H groups in total. The standard InChI is InChI=1S/C15H19NO3/c1-11-7-8-13(15(18)19)10-16(11)14(17)9-12-5-3-2-4-6-12/h2-6,11,13H,7-10H2,1H3,(H,18,19)/t11-,13+/m1/s1. The molecule has 2 atom stereocenters. The lowest BCUT2D eigenvalue weighted by molar-refractivity contribution is -0.146. The SMILES string of the molecule is C[C@@H]1CC[C@H](C(=O)O)CN1C(=O)Cc1ccccc1. The second-order valence-electron chi connectivity index (χ2n) is 5.17. The molecule has 1 aromatic carbocycles. The second kappa shape index (κ2) is 5.87. The number of aliphatic carboxylic acids is 1. The van der Waals surface area contributed by atoms with Gasteiger partial charge in [-0.05, 0) is 25.3 Å². The first-order chi connectivity index (χ1) is 9.08. The summed E-state index contributed by atoms with van der Waals surface area (Å²) in [6.07, 6.45) is 1.76. The van der Waals surface area contributed by atoms with Crippen molar-refractivity contribution in [2.75, 3.05) is 6.54 Å². The Morgan fingerprint density at radius 1 is 1.26 bits per heavy atom. The van der Waals surface area contributed by atoms with E-state index in [0.717, 1.165) is 12.0 Å². The Bertz CT molecular complexity index is 458. The van der Waals surface area contributed by atoms with Crippen LogP contribution in [0.1, 0.15) is 25.3 Å². The van der Waals surface area contributed by atoms with Gasteiger partial charge < -0.3 is 10.0 Å². The predicted octanol–water partition coefficient (Wildman–Crippen LogP) is 1.94. The zero-order chi connectivity index (χ0) is 13.8. The maximum Gasteiger partial charge on any atom is 0.308 e. The monoisotopic (exact) mass is 261 g/mol. The molecule has 102 valence electrons. The number of carbonyl (C=O) groups is 2. The molecule has 1 aliphatic heterocycles. The van der Waals surface area contributed by atoms with Crippen LogP contribution in [0.5, 0.6) is 0 Å². The fourth-order valence-corrected chi connectivity index (χ4v) is 2.53. The van der Waals surface area contributed by atoms with Gasteiger partial charge in [0.1, 0.15) is 0 Å². The van der Waals surface area contributed by atoms with E-state index in [1.807, 2.05) is 37.3 Å². The van der Waals surface area contributed by atoms with Crippen molar-refractivity contribution in [2.24, 2.45) is 5.92 Å². The highest BCUT2D eigenvalue weighted by Gasteiger charge is 2.32. The number of hydrogen-bond donors (Lipinski definition) is 1. The third kappa shape index (κ3) is 3.34. The molecule has 1 aromatic rings. The first-order valence-corrected chi connectivity index (χ1v) is 6.64. The summed E-state index contributed by atoms with van der Waals surface area (Å²) < 4.78 is 0. The molecule has 1 aliphatic rings. The quantitative estimate of drug-likeness (QED) is 0.904. The van der Waals surface area contributed by atoms with Crippen molar-refractivity contribution in [3.8, 4) is 0 Å². The fourth-order valence-electron chi connectivity index (χ4n) is 2.53. The van der Waals surface area contributed by atoms with Gasteiger partial charge in [-0.1, -0.05) is 30.3 Å². The first kappa shape index (κ1) is 13.6. The van der Waals surface area contributed by atoms with E-state index >= 15 is 0 Å². The minimum absolute atomic E-state index is 0.0182. The van der Waals surface area contributed by atoms with Crippen molar-refractivity contribution in [1.29, 1.82) is 0 Å². The molecular weight excluding hydrogens is 242 g/mol. The number of rotatable bonds is 3. The van der Waals surface area contributed by atoms with Crippen molar-refractivity contribution in [2.45, 2.75) is 32.2 Å². The highest BCUT2D eigenvalue weighted by Crippen LogP contribution is 2.22. The van der Waals surface area contributed by atoms with Gasteiger partial charge in [-0.25, -0.2) is 0 Å². The van der Waals surface area contributed by atoms with Crippen LogP contribution in [0.25, 0.3) is 0 Å². The highest BCUT2D eigenvalue weighted by atomic mass is 16.4. The van der Waals surface area contributed by atoms with Crippen LogP contribution in [0.2, 0.25) is 0 Å². The van der Waals surface area contributed by atoms with Gasteiger partial charge in [0.2, 0.25) is 5.91 Å². The number of carbonyl (C=O) groups excluding carboxylic acids is 1. The molecule has 0 unspecified atom stereocenters. The molecule has 0 spiro atoms. The van der Waals surface area contributed by atoms with E-state index in [4.69, 9.17) is 5.11 Å². The van der Waals surface area contributed by atoms with Gasteiger partial charge in [-0.2, -0.15) is 0 Å². The summed E-state index contributed by atoms with van der Waals surface area (Å²) in [6.45, 7) is 2.32. The van der Waals surface area contributed by atoms with Crippen LogP contribution in [0.4, 0.5) is 0 Å². The highest BCUT2D eigenvalue weighted by molar-refractivity contribution is 5.80. The average Bonchev–Trinajstić information content (AvgIpc) is 2.40. The summed E-state index contributed by atoms with van der Waals surface area (Å²) in [5.41, 5.74) is 0.970. The third-order valence-corrected chi connectivity index (χ3v) is 3.75. The lowest BCUT2D eigenvalue weighted by Gasteiger charge is -2.36. The molecule has 0 bridgehead atoms. The molecule has 0 saturated carbocycles. The van der Waals surface area contributed by atoms with Gasteiger partial charge in [0.05, 0.1) is 12.3 Å². The van der Waals surface area contributed by atoms with Crippen LogP contribution < -0.4 is 0 Å². The number of amides is 1. The van der Waals surface area contributed by atoms with E-state index < -0.39 is 11.9 Å². The molecule has 4 heteroatoms. The summed E-state index contributed by atoms with van der Waals surface area (Å²) in [7, 11) is 0. The maximum atomic E-state index is 12.3. The van der Waals surface area contributed by atoms with E-state index in [2.05, 4.69) is 0 Å². The second-order valence-corrected chi connectivity index (χ2v) is 5.17. The number of benzene rings is 1. The van der Waals surface area contributed by atoms with E-state index in [1.165, 1.54) is 0 Å². The van der Waals surface area contributed by atoms with Crippen molar-refractivity contribution >= 4 is 11.9 Å². The van der Waals surface area contributed by atoms with E-state index in [-0.39, 0.29) is 11.9 Å². The van der Waals surface area contributed by atoms with Crippen LogP contribution in [0, 0.1) is 5.92 Å². The molecule has 0 aliphatic carbocycles. The number of piperidine rings is 1. The Kier molecular flexibility index (Phi) is 4.20. The Morgan fingerprint density at radius 2 is 1.95 bits per heavy atom. The molecule has 1 fully saturated rings. The number of nitrogens with zero attached hydrogens (tertiary/aromatic N) is 1. The summed E-state index contributed by atoms with van der Waals surface area (Å²) >= 11 is 0. The smallest absolute Gasteiger partial charge is 0.308 e. The van der Waals surface area contributed by atoms with Gasteiger partial charge in [0, 0.05) is 12.6 Å². The fraction of sp³-hybridized carbons (Fsp3) is 0.467. The Balaban J connectivity index is 2.02. The Hall–Kier alpha value is -1.84. The van der Waals surface area contributed by atoms with Crippen molar-refractivity contribution in [3.05, 3.63) is 35.9 Å². The molecule has 19 heavy (non-hydrogen) atoms. The van der Waals surface area contributed by atoms with Gasteiger partial charge in [0.15, 0.2) is 0 Å². The van der Waals surface area contributed by atoms with E-state index in [1.54, 1.807) is 4.90 Å². The number of hydrogen-bond acceptors (Lipinski definition) is 2. The molecule has 1 amide bonds. The van der Waals surface area contributed by atoms with Crippen molar-refractivity contribution < 1.29 is 14.7 Å². The Morgan fingerprint density at radius 3 is 2.58 bits per heavy atom. The van der Waals surface area contributed by atoms with Crippen LogP contribution in [-0.2, 0) is 16.0 Å². The lowest BCUT2D eigenvalue weighted by atomic mass is 9.93. The van der Waals surface area contributed by atoms with E-state index in [9.17, 15) is 9.59 Å². The number of likely N-dealkylation sites (tertiary alicyclic amines) is 1. The van der Waals surface area contributed by atoms with Crippen LogP contribution in [0.3, 0.4) is 0 Å². The molecule has 4 nitrogen and oxygen atoms in total. The molecule has 2 rings (SSSR count). The Labute approximate surface area is 113 Å². The molecule has 0 radical (unpaired) electrons. The number of carboxylic acids is 1. The van der Waals surface area contributed by atoms with Crippen LogP contribution >= 0.6 is 0 Å². The van der Waals surface area contributed by atoms with E-state index in [0.29, 0.717) is 19.4 Å². The van der Waals surface area contributed by atoms with Gasteiger partial charge in [-0.3, -0.25) is 9.59 Å². The molecular formula is C15H19NO3. The third-order valence-electron chi connectivity index (χ3n) is 3.75. The first-order valence-electron chi connectivity index (χ1n) is 6.64. The summed E-state index contributed by atoms with van der Waals surface area (Å²) in [6, 6.07) is 9.69. The zero-order valence-corrected chi connectivity index (χ0v) is 11.1. The summed E-state index contributed by atoms with van der Waals surface area (Å²) in [5, 5.41) is 9.08. The van der Waals surface area contributed by atoms with Crippen molar-refractivity contribution in [3.63, 3.8) is 0 Å². The maximum absolute atomic E-state index is 12.3. The van der Waals surface area contributed by atoms with Crippen molar-refractivity contribution in [1.82, 2.24) is 4.90 Å².